The van der Waals surface area contributed by atoms with Crippen molar-refractivity contribution in [2.75, 3.05) is 19.4 Å². The second-order valence-corrected chi connectivity index (χ2v) is 10.5. The largest absolute Gasteiger partial charge is 0.474 e. The predicted octanol–water partition coefficient (Wildman–Crippen LogP) is 3.33. The van der Waals surface area contributed by atoms with Crippen LogP contribution in [0, 0.1) is 0 Å². The van der Waals surface area contributed by atoms with E-state index in [-0.39, 0.29) is 17.9 Å². The van der Waals surface area contributed by atoms with Gasteiger partial charge in [0.2, 0.25) is 17.7 Å². The van der Waals surface area contributed by atoms with Gasteiger partial charge in [-0.15, -0.1) is 11.3 Å². The molecule has 0 bridgehead atoms. The molecule has 33 heavy (non-hydrogen) atoms. The van der Waals surface area contributed by atoms with Crippen LogP contribution in [0.4, 0.5) is 11.6 Å². The fraction of sp³-hybridized carbons (Fsp3) is 0.565. The molecule has 0 saturated heterocycles. The molecule has 3 N–H and O–H groups in total. The predicted molar refractivity (Wildman–Crippen MR) is 129 cm³/mol. The van der Waals surface area contributed by atoms with Crippen molar-refractivity contribution in [1.82, 2.24) is 24.6 Å². The van der Waals surface area contributed by atoms with E-state index in [9.17, 15) is 4.79 Å². The molecule has 0 aliphatic heterocycles. The number of anilines is 2. The molecular weight excluding hydrogens is 438 g/mol. The van der Waals surface area contributed by atoms with Gasteiger partial charge in [-0.05, 0) is 64.1 Å². The number of nitrogens with zero attached hydrogens (tertiary/aromatic N) is 5. The smallest absolute Gasteiger partial charge is 0.232 e. The molecule has 0 spiro atoms. The third kappa shape index (κ3) is 4.54. The summed E-state index contributed by atoms with van der Waals surface area (Å²) in [6.45, 7) is 0. The molecule has 3 heterocycles. The van der Waals surface area contributed by atoms with E-state index in [0.29, 0.717) is 24.3 Å². The Labute approximate surface area is 197 Å². The second-order valence-electron chi connectivity index (χ2n) is 9.42. The Morgan fingerprint density at radius 3 is 2.73 bits per heavy atom. The number of nitrogens with two attached hydrogens (primary N) is 1. The number of carbonyl (C=O) groups is 1. The van der Waals surface area contributed by atoms with Crippen LogP contribution in [0.2, 0.25) is 0 Å². The molecule has 9 nitrogen and oxygen atoms in total. The average Bonchev–Trinajstić information content (AvgIpc) is 3.44. The molecular formula is C23H31N7O2S. The van der Waals surface area contributed by atoms with Gasteiger partial charge < -0.3 is 20.7 Å². The highest BCUT2D eigenvalue weighted by molar-refractivity contribution is 7.19. The van der Waals surface area contributed by atoms with Gasteiger partial charge in [-0.25, -0.2) is 4.98 Å². The van der Waals surface area contributed by atoms with Crippen LogP contribution in [0.3, 0.4) is 0 Å². The van der Waals surface area contributed by atoms with Gasteiger partial charge in [-0.3, -0.25) is 9.48 Å². The maximum Gasteiger partial charge on any atom is 0.232 e. The Hall–Kier alpha value is -2.72. The Bertz CT molecular complexity index is 1160. The minimum atomic E-state index is -0.271. The van der Waals surface area contributed by atoms with E-state index < -0.39 is 0 Å². The van der Waals surface area contributed by atoms with Gasteiger partial charge in [0.05, 0.1) is 17.3 Å². The molecule has 176 valence electrons. The van der Waals surface area contributed by atoms with Crippen LogP contribution in [-0.4, -0.2) is 56.8 Å². The van der Waals surface area contributed by atoms with E-state index in [1.165, 1.54) is 10.4 Å². The van der Waals surface area contributed by atoms with E-state index in [1.807, 2.05) is 13.2 Å². The fourth-order valence-corrected chi connectivity index (χ4v) is 6.41. The first-order valence-electron chi connectivity index (χ1n) is 11.6. The van der Waals surface area contributed by atoms with Gasteiger partial charge in [-0.2, -0.15) is 10.1 Å². The van der Waals surface area contributed by atoms with Crippen molar-refractivity contribution in [3.8, 4) is 5.88 Å². The van der Waals surface area contributed by atoms with Gasteiger partial charge in [-0.1, -0.05) is 0 Å². The van der Waals surface area contributed by atoms with Crippen LogP contribution < -0.4 is 15.8 Å². The fourth-order valence-electron chi connectivity index (χ4n) is 5.14. The molecule has 1 saturated carbocycles. The highest BCUT2D eigenvalue weighted by Crippen LogP contribution is 2.48. The van der Waals surface area contributed by atoms with E-state index in [0.717, 1.165) is 54.4 Å². The molecule has 10 heteroatoms. The lowest BCUT2D eigenvalue weighted by atomic mass is 9.92. The third-order valence-electron chi connectivity index (χ3n) is 6.82. The SMILES string of the molecule is Cn1cc(Nc2nc(O[C@H]3CC[C@H](N(C)C)CC3)c3c4c(sc3n2)CC[C@H]4CC(N)=O)cn1. The number of amides is 1. The summed E-state index contributed by atoms with van der Waals surface area (Å²) in [5.74, 6) is 0.957. The molecule has 0 aromatic carbocycles. The lowest BCUT2D eigenvalue weighted by Crippen LogP contribution is -2.35. The molecule has 3 aromatic rings. The maximum atomic E-state index is 11.7. The Morgan fingerprint density at radius 1 is 1.27 bits per heavy atom. The number of rotatable bonds is 7. The van der Waals surface area contributed by atoms with Gasteiger partial charge >= 0.3 is 0 Å². The highest BCUT2D eigenvalue weighted by Gasteiger charge is 2.33. The summed E-state index contributed by atoms with van der Waals surface area (Å²) in [6.07, 6.45) is 10.2. The van der Waals surface area contributed by atoms with Crippen LogP contribution >= 0.6 is 11.3 Å². The highest BCUT2D eigenvalue weighted by atomic mass is 32.1. The number of fused-ring (bicyclic) bond motifs is 3. The molecule has 0 radical (unpaired) electrons. The van der Waals surface area contributed by atoms with Gasteiger partial charge in [0.25, 0.3) is 0 Å². The van der Waals surface area contributed by atoms with Crippen LogP contribution in [-0.2, 0) is 18.3 Å². The summed E-state index contributed by atoms with van der Waals surface area (Å²) in [5, 5.41) is 8.44. The molecule has 5 rings (SSSR count). The standard InChI is InChI=1S/C23H31N7O2S/c1-29(2)15-5-7-16(8-6-15)32-21-20-19-13(10-18(24)31)4-9-17(19)33-22(20)28-23(27-21)26-14-11-25-30(3)12-14/h11-13,15-16H,4-10H2,1-3H3,(H2,24,31)(H,26,27,28)/t13-,15-,16-/m0/s1. The summed E-state index contributed by atoms with van der Waals surface area (Å²) in [5.41, 5.74) is 7.55. The average molecular weight is 470 g/mol. The normalized spacial score (nSPS) is 22.6. The maximum absolute atomic E-state index is 11.7. The van der Waals surface area contributed by atoms with Crippen LogP contribution in [0.1, 0.15) is 54.9 Å². The molecule has 1 atom stereocenters. The quantitative estimate of drug-likeness (QED) is 0.546. The van der Waals surface area contributed by atoms with Crippen molar-refractivity contribution in [2.24, 2.45) is 12.8 Å². The van der Waals surface area contributed by atoms with Crippen molar-refractivity contribution in [1.29, 1.82) is 0 Å². The zero-order chi connectivity index (χ0) is 23.1. The lowest BCUT2D eigenvalue weighted by Gasteiger charge is -2.32. The summed E-state index contributed by atoms with van der Waals surface area (Å²) in [4.78, 5) is 25.8. The number of thiophene rings is 1. The lowest BCUT2D eigenvalue weighted by molar-refractivity contribution is -0.118. The zero-order valence-corrected chi connectivity index (χ0v) is 20.2. The first-order chi connectivity index (χ1) is 15.9. The van der Waals surface area contributed by atoms with Gasteiger partial charge in [0.15, 0.2) is 0 Å². The van der Waals surface area contributed by atoms with E-state index >= 15 is 0 Å². The summed E-state index contributed by atoms with van der Waals surface area (Å²) in [6, 6.07) is 0.600. The topological polar surface area (TPSA) is 111 Å². The van der Waals surface area contributed by atoms with E-state index in [2.05, 4.69) is 29.4 Å². The number of carbonyl (C=O) groups excluding carboxylic acids is 1. The Balaban J connectivity index is 1.50. The van der Waals surface area contributed by atoms with Crippen molar-refractivity contribution in [2.45, 2.75) is 63.0 Å². The number of ether oxygens (including phenoxy) is 1. The molecule has 1 amide bonds. The monoisotopic (exact) mass is 469 g/mol. The van der Waals surface area contributed by atoms with E-state index in [4.69, 9.17) is 20.4 Å². The Morgan fingerprint density at radius 2 is 2.06 bits per heavy atom. The zero-order valence-electron chi connectivity index (χ0n) is 19.4. The number of hydrogen-bond donors (Lipinski definition) is 2. The molecule has 2 aliphatic carbocycles. The summed E-state index contributed by atoms with van der Waals surface area (Å²) >= 11 is 1.68. The van der Waals surface area contributed by atoms with Crippen LogP contribution in [0.25, 0.3) is 10.2 Å². The first kappa shape index (κ1) is 22.1. The van der Waals surface area contributed by atoms with Crippen LogP contribution in [0.15, 0.2) is 12.4 Å². The van der Waals surface area contributed by atoms with Gasteiger partial charge in [0.1, 0.15) is 10.9 Å². The Kier molecular flexibility index (Phi) is 5.96. The summed E-state index contributed by atoms with van der Waals surface area (Å²) in [7, 11) is 6.16. The second kappa shape index (κ2) is 8.90. The summed E-state index contributed by atoms with van der Waals surface area (Å²) < 4.78 is 8.31. The molecule has 2 aliphatic rings. The number of hydrogen-bond acceptors (Lipinski definition) is 8. The third-order valence-corrected chi connectivity index (χ3v) is 7.98. The first-order valence-corrected chi connectivity index (χ1v) is 12.4. The minimum absolute atomic E-state index is 0.110. The van der Waals surface area contributed by atoms with Gasteiger partial charge in [0, 0.05) is 30.6 Å². The van der Waals surface area contributed by atoms with Crippen molar-refractivity contribution in [3.63, 3.8) is 0 Å². The minimum Gasteiger partial charge on any atom is -0.474 e. The molecule has 3 aromatic heterocycles. The molecule has 0 unspecified atom stereocenters. The van der Waals surface area contributed by atoms with Crippen molar-refractivity contribution < 1.29 is 9.53 Å². The number of aryl methyl sites for hydroxylation is 2. The van der Waals surface area contributed by atoms with Crippen LogP contribution in [0.5, 0.6) is 5.88 Å². The number of aromatic nitrogens is 4. The van der Waals surface area contributed by atoms with Crippen molar-refractivity contribution in [3.05, 3.63) is 22.8 Å². The number of primary amides is 1. The van der Waals surface area contributed by atoms with Crippen molar-refractivity contribution >= 4 is 39.1 Å². The number of nitrogens with one attached hydrogen (secondary N) is 1. The van der Waals surface area contributed by atoms with E-state index in [1.54, 1.807) is 22.2 Å². The molecule has 1 fully saturated rings.